The Hall–Kier alpha value is -0.460. The van der Waals surface area contributed by atoms with E-state index in [1.54, 1.807) is 0 Å². The van der Waals surface area contributed by atoms with Gasteiger partial charge in [0.1, 0.15) is 5.76 Å². The van der Waals surface area contributed by atoms with Gasteiger partial charge in [-0.25, -0.2) is 0 Å². The zero-order valence-electron chi connectivity index (χ0n) is 9.36. The number of hydrogen-bond donors (Lipinski definition) is 1. The van der Waals surface area contributed by atoms with Crippen LogP contribution in [0, 0.1) is 3.77 Å². The summed E-state index contributed by atoms with van der Waals surface area (Å²) in [7, 11) is 0. The number of rotatable bonds is 6. The number of furan rings is 1. The van der Waals surface area contributed by atoms with Gasteiger partial charge in [-0.3, -0.25) is 0 Å². The maximum absolute atomic E-state index is 5.47. The predicted octanol–water partition coefficient (Wildman–Crippen LogP) is 3.77. The van der Waals surface area contributed by atoms with Gasteiger partial charge in [-0.2, -0.15) is 0 Å². The molecule has 0 unspecified atom stereocenters. The topological polar surface area (TPSA) is 25.2 Å². The predicted molar refractivity (Wildman–Crippen MR) is 80.3 cm³/mol. The van der Waals surface area contributed by atoms with E-state index in [-0.39, 0.29) is 0 Å². The Morgan fingerprint density at radius 1 is 1.12 bits per heavy atom. The summed E-state index contributed by atoms with van der Waals surface area (Å²) >= 11 is 4.04. The van der Waals surface area contributed by atoms with Crippen LogP contribution in [0.1, 0.15) is 5.76 Å². The van der Waals surface area contributed by atoms with Crippen molar-refractivity contribution in [3.8, 4) is 0 Å². The maximum atomic E-state index is 5.47. The summed E-state index contributed by atoms with van der Waals surface area (Å²) in [5, 5.41) is 3.37. The fourth-order valence-electron chi connectivity index (χ4n) is 1.42. The summed E-state index contributed by atoms with van der Waals surface area (Å²) in [5.41, 5.74) is 0. The normalized spacial score (nSPS) is 10.6. The van der Waals surface area contributed by atoms with Crippen molar-refractivity contribution in [2.45, 2.75) is 11.4 Å². The van der Waals surface area contributed by atoms with Crippen molar-refractivity contribution in [3.05, 3.63) is 52.0 Å². The molecule has 1 aromatic heterocycles. The lowest BCUT2D eigenvalue weighted by molar-refractivity contribution is 0.467. The molecular formula is C13H14INOS. The van der Waals surface area contributed by atoms with Gasteiger partial charge < -0.3 is 9.73 Å². The van der Waals surface area contributed by atoms with E-state index in [4.69, 9.17) is 4.42 Å². The Morgan fingerprint density at radius 2 is 1.94 bits per heavy atom. The fourth-order valence-corrected chi connectivity index (χ4v) is 2.71. The second-order valence-electron chi connectivity index (χ2n) is 3.54. The second-order valence-corrected chi connectivity index (χ2v) is 5.78. The van der Waals surface area contributed by atoms with Crippen molar-refractivity contribution in [1.29, 1.82) is 0 Å². The molecule has 0 saturated carbocycles. The highest BCUT2D eigenvalue weighted by Gasteiger charge is 1.98. The van der Waals surface area contributed by atoms with Crippen molar-refractivity contribution in [1.82, 2.24) is 5.32 Å². The molecule has 0 fully saturated rings. The van der Waals surface area contributed by atoms with Gasteiger partial charge in [-0.05, 0) is 46.9 Å². The van der Waals surface area contributed by atoms with Crippen LogP contribution in [0.4, 0.5) is 0 Å². The maximum Gasteiger partial charge on any atom is 0.164 e. The van der Waals surface area contributed by atoms with Gasteiger partial charge in [0, 0.05) is 17.2 Å². The Kier molecular flexibility index (Phi) is 5.41. The van der Waals surface area contributed by atoms with Gasteiger partial charge in [0.15, 0.2) is 3.77 Å². The minimum absolute atomic E-state index is 0.804. The van der Waals surface area contributed by atoms with Gasteiger partial charge >= 0.3 is 0 Å². The third kappa shape index (κ3) is 4.73. The molecule has 0 aliphatic carbocycles. The number of halogens is 1. The van der Waals surface area contributed by atoms with Crippen LogP contribution in [0.25, 0.3) is 0 Å². The van der Waals surface area contributed by atoms with E-state index < -0.39 is 0 Å². The van der Waals surface area contributed by atoms with Gasteiger partial charge in [0.2, 0.25) is 0 Å². The average molecular weight is 359 g/mol. The van der Waals surface area contributed by atoms with Crippen LogP contribution in [-0.4, -0.2) is 12.3 Å². The van der Waals surface area contributed by atoms with Gasteiger partial charge in [-0.1, -0.05) is 18.2 Å². The van der Waals surface area contributed by atoms with E-state index in [9.17, 15) is 0 Å². The molecule has 2 nitrogen and oxygen atoms in total. The average Bonchev–Trinajstić information content (AvgIpc) is 2.76. The molecular weight excluding hydrogens is 345 g/mol. The van der Waals surface area contributed by atoms with E-state index in [2.05, 4.69) is 52.2 Å². The van der Waals surface area contributed by atoms with Crippen molar-refractivity contribution in [3.63, 3.8) is 0 Å². The molecule has 0 saturated heterocycles. The van der Waals surface area contributed by atoms with Crippen molar-refractivity contribution >= 4 is 34.4 Å². The summed E-state index contributed by atoms with van der Waals surface area (Å²) in [6.07, 6.45) is 0. The number of thioether (sulfide) groups is 1. The number of benzene rings is 1. The monoisotopic (exact) mass is 359 g/mol. The van der Waals surface area contributed by atoms with Crippen LogP contribution >= 0.6 is 34.4 Å². The molecule has 0 aliphatic rings. The molecule has 0 radical (unpaired) electrons. The SMILES string of the molecule is Ic1ccc(CNCCSc2ccccc2)o1. The first-order valence-electron chi connectivity index (χ1n) is 5.47. The van der Waals surface area contributed by atoms with E-state index in [0.717, 1.165) is 28.4 Å². The molecule has 4 heteroatoms. The molecule has 0 spiro atoms. The molecule has 0 bridgehead atoms. The summed E-state index contributed by atoms with van der Waals surface area (Å²) in [6, 6.07) is 14.5. The van der Waals surface area contributed by atoms with E-state index in [0.29, 0.717) is 0 Å². The van der Waals surface area contributed by atoms with Crippen molar-refractivity contribution < 1.29 is 4.42 Å². The lowest BCUT2D eigenvalue weighted by Crippen LogP contribution is -2.15. The molecule has 0 atom stereocenters. The molecule has 1 aromatic carbocycles. The Morgan fingerprint density at radius 3 is 2.65 bits per heavy atom. The minimum atomic E-state index is 0.804. The van der Waals surface area contributed by atoms with Crippen LogP contribution in [0.15, 0.2) is 51.8 Å². The molecule has 17 heavy (non-hydrogen) atoms. The standard InChI is InChI=1S/C13H14INOS/c14-13-7-6-11(16-13)10-15-8-9-17-12-4-2-1-3-5-12/h1-7,15H,8-10H2. The Bertz CT molecular complexity index is 444. The van der Waals surface area contributed by atoms with Crippen LogP contribution < -0.4 is 5.32 Å². The zero-order valence-corrected chi connectivity index (χ0v) is 12.3. The zero-order chi connectivity index (χ0) is 11.9. The Labute approximate surface area is 119 Å². The molecule has 2 aromatic rings. The first kappa shape index (κ1) is 13.0. The largest absolute Gasteiger partial charge is 0.454 e. The van der Waals surface area contributed by atoms with Gasteiger partial charge in [0.05, 0.1) is 6.54 Å². The Balaban J connectivity index is 1.61. The quantitative estimate of drug-likeness (QED) is 0.483. The second kappa shape index (κ2) is 7.08. The van der Waals surface area contributed by atoms with Gasteiger partial charge in [0.25, 0.3) is 0 Å². The summed E-state index contributed by atoms with van der Waals surface area (Å²) in [5.74, 6) is 2.07. The van der Waals surface area contributed by atoms with E-state index in [1.165, 1.54) is 4.90 Å². The highest BCUT2D eigenvalue weighted by atomic mass is 127. The first-order chi connectivity index (χ1) is 8.34. The van der Waals surface area contributed by atoms with Crippen LogP contribution in [0.3, 0.4) is 0 Å². The first-order valence-corrected chi connectivity index (χ1v) is 7.54. The van der Waals surface area contributed by atoms with E-state index in [1.807, 2.05) is 30.0 Å². The number of hydrogen-bond acceptors (Lipinski definition) is 3. The molecule has 2 rings (SSSR count). The summed E-state index contributed by atoms with van der Waals surface area (Å²) in [4.78, 5) is 1.32. The molecule has 1 N–H and O–H groups in total. The van der Waals surface area contributed by atoms with E-state index >= 15 is 0 Å². The smallest absolute Gasteiger partial charge is 0.164 e. The third-order valence-corrected chi connectivity index (χ3v) is 3.81. The highest BCUT2D eigenvalue weighted by molar-refractivity contribution is 14.1. The number of nitrogens with one attached hydrogen (secondary N) is 1. The molecule has 0 aliphatic heterocycles. The fraction of sp³-hybridized carbons (Fsp3) is 0.231. The lowest BCUT2D eigenvalue weighted by atomic mass is 10.4. The minimum Gasteiger partial charge on any atom is -0.454 e. The highest BCUT2D eigenvalue weighted by Crippen LogP contribution is 2.16. The van der Waals surface area contributed by atoms with Crippen LogP contribution in [0.5, 0.6) is 0 Å². The van der Waals surface area contributed by atoms with Gasteiger partial charge in [-0.15, -0.1) is 11.8 Å². The van der Waals surface area contributed by atoms with Crippen LogP contribution in [-0.2, 0) is 6.54 Å². The third-order valence-electron chi connectivity index (χ3n) is 2.22. The summed E-state index contributed by atoms with van der Waals surface area (Å²) < 4.78 is 6.41. The van der Waals surface area contributed by atoms with Crippen LogP contribution in [0.2, 0.25) is 0 Å². The molecule has 1 heterocycles. The lowest BCUT2D eigenvalue weighted by Gasteiger charge is -2.02. The summed E-state index contributed by atoms with van der Waals surface area (Å²) in [6.45, 7) is 1.79. The van der Waals surface area contributed by atoms with Crippen molar-refractivity contribution in [2.24, 2.45) is 0 Å². The van der Waals surface area contributed by atoms with Crippen molar-refractivity contribution in [2.75, 3.05) is 12.3 Å². The molecule has 90 valence electrons. The molecule has 0 amide bonds.